The van der Waals surface area contributed by atoms with Gasteiger partial charge in [0.05, 0.1) is 0 Å². The molecule has 0 bridgehead atoms. The van der Waals surface area contributed by atoms with Crippen LogP contribution in [0.5, 0.6) is 11.6 Å². The normalized spacial score (nSPS) is 10.1. The average Bonchev–Trinajstić information content (AvgIpc) is 2.33. The molecule has 0 saturated heterocycles. The van der Waals surface area contributed by atoms with Crippen molar-refractivity contribution in [2.45, 2.75) is 4.90 Å². The Kier molecular flexibility index (Phi) is 3.26. The minimum absolute atomic E-state index is 0.380. The molecule has 16 heavy (non-hydrogen) atoms. The van der Waals surface area contributed by atoms with Crippen LogP contribution in [0, 0.1) is 0 Å². The number of nitrogens with two attached hydrogens (primary N) is 1. The summed E-state index contributed by atoms with van der Waals surface area (Å²) in [5, 5.41) is 7.52. The van der Waals surface area contributed by atoms with E-state index < -0.39 is 0 Å². The van der Waals surface area contributed by atoms with Crippen LogP contribution in [0.15, 0.2) is 41.3 Å². The molecule has 2 aromatic rings. The Morgan fingerprint density at radius 1 is 1.06 bits per heavy atom. The van der Waals surface area contributed by atoms with E-state index >= 15 is 0 Å². The predicted molar refractivity (Wildman–Crippen MR) is 64.7 cm³/mol. The maximum Gasteiger partial charge on any atom is 0.238 e. The van der Waals surface area contributed by atoms with Crippen LogP contribution in [0.2, 0.25) is 0 Å². The maximum absolute atomic E-state index is 5.49. The highest BCUT2D eigenvalue weighted by molar-refractivity contribution is 7.98. The second-order valence-electron chi connectivity index (χ2n) is 3.07. The zero-order valence-electron chi connectivity index (χ0n) is 8.75. The first kappa shape index (κ1) is 10.8. The quantitative estimate of drug-likeness (QED) is 0.825. The van der Waals surface area contributed by atoms with Crippen LogP contribution < -0.4 is 10.5 Å². The number of thioether (sulfide) groups is 1. The van der Waals surface area contributed by atoms with Gasteiger partial charge in [0.2, 0.25) is 5.88 Å². The number of ether oxygens (including phenoxy) is 1. The van der Waals surface area contributed by atoms with Gasteiger partial charge in [0.25, 0.3) is 0 Å². The lowest BCUT2D eigenvalue weighted by Crippen LogP contribution is -1.94. The average molecular weight is 233 g/mol. The van der Waals surface area contributed by atoms with Crippen molar-refractivity contribution < 1.29 is 4.74 Å². The lowest BCUT2D eigenvalue weighted by Gasteiger charge is -2.04. The summed E-state index contributed by atoms with van der Waals surface area (Å²) in [7, 11) is 0. The minimum Gasteiger partial charge on any atom is -0.438 e. The van der Waals surface area contributed by atoms with Crippen LogP contribution >= 0.6 is 11.8 Å². The molecule has 0 saturated carbocycles. The highest BCUT2D eigenvalue weighted by atomic mass is 32.2. The molecule has 2 rings (SSSR count). The molecule has 0 radical (unpaired) electrons. The van der Waals surface area contributed by atoms with Gasteiger partial charge in [0.1, 0.15) is 11.6 Å². The highest BCUT2D eigenvalue weighted by Gasteiger charge is 1.99. The first-order chi connectivity index (χ1) is 7.78. The highest BCUT2D eigenvalue weighted by Crippen LogP contribution is 2.22. The van der Waals surface area contributed by atoms with Crippen molar-refractivity contribution in [3.63, 3.8) is 0 Å². The first-order valence-electron chi connectivity index (χ1n) is 4.69. The summed E-state index contributed by atoms with van der Waals surface area (Å²) in [6, 6.07) is 11.1. The second-order valence-corrected chi connectivity index (χ2v) is 3.95. The van der Waals surface area contributed by atoms with Crippen molar-refractivity contribution in [1.29, 1.82) is 0 Å². The number of anilines is 1. The molecular formula is C11H11N3OS. The number of rotatable bonds is 3. The summed E-state index contributed by atoms with van der Waals surface area (Å²) < 4.78 is 5.49. The maximum atomic E-state index is 5.49. The van der Waals surface area contributed by atoms with Crippen molar-refractivity contribution in [3.05, 3.63) is 36.4 Å². The van der Waals surface area contributed by atoms with Crippen LogP contribution in [-0.2, 0) is 0 Å². The number of nitrogen functional groups attached to an aromatic ring is 1. The SMILES string of the molecule is CSc1ccc(Oc2ccc(N)nn2)cc1. The summed E-state index contributed by atoms with van der Waals surface area (Å²) in [6.45, 7) is 0. The summed E-state index contributed by atoms with van der Waals surface area (Å²) in [4.78, 5) is 1.19. The molecule has 0 aliphatic carbocycles. The third-order valence-electron chi connectivity index (χ3n) is 1.94. The van der Waals surface area contributed by atoms with Crippen molar-refractivity contribution in [3.8, 4) is 11.6 Å². The van der Waals surface area contributed by atoms with Gasteiger partial charge in [0, 0.05) is 11.0 Å². The van der Waals surface area contributed by atoms with Crippen LogP contribution in [0.1, 0.15) is 0 Å². The third-order valence-corrected chi connectivity index (χ3v) is 2.69. The van der Waals surface area contributed by atoms with Gasteiger partial charge in [-0.05, 0) is 36.6 Å². The molecule has 1 heterocycles. The van der Waals surface area contributed by atoms with Crippen LogP contribution in [-0.4, -0.2) is 16.5 Å². The first-order valence-corrected chi connectivity index (χ1v) is 5.91. The third kappa shape index (κ3) is 2.64. The van der Waals surface area contributed by atoms with Gasteiger partial charge >= 0.3 is 0 Å². The van der Waals surface area contributed by atoms with Crippen LogP contribution in [0.4, 0.5) is 5.82 Å². The fourth-order valence-electron chi connectivity index (χ4n) is 1.15. The summed E-state index contributed by atoms with van der Waals surface area (Å²) in [5.74, 6) is 1.55. The van der Waals surface area contributed by atoms with Crippen molar-refractivity contribution in [2.24, 2.45) is 0 Å². The van der Waals surface area contributed by atoms with Crippen molar-refractivity contribution >= 4 is 17.6 Å². The Labute approximate surface area is 97.8 Å². The largest absolute Gasteiger partial charge is 0.438 e. The second kappa shape index (κ2) is 4.85. The van der Waals surface area contributed by atoms with Gasteiger partial charge in [-0.25, -0.2) is 0 Å². The van der Waals surface area contributed by atoms with E-state index in [-0.39, 0.29) is 0 Å². The molecule has 0 fully saturated rings. The molecule has 1 aromatic heterocycles. The lowest BCUT2D eigenvalue weighted by molar-refractivity contribution is 0.455. The molecule has 0 amide bonds. The summed E-state index contributed by atoms with van der Waals surface area (Å²) in [5.41, 5.74) is 5.43. The van der Waals surface area contributed by atoms with E-state index in [0.717, 1.165) is 5.75 Å². The number of hydrogen-bond acceptors (Lipinski definition) is 5. The summed E-state index contributed by atoms with van der Waals surface area (Å²) >= 11 is 1.69. The molecule has 1 aromatic carbocycles. The van der Waals surface area contributed by atoms with E-state index in [1.54, 1.807) is 23.9 Å². The molecule has 4 nitrogen and oxygen atoms in total. The number of nitrogens with zero attached hydrogens (tertiary/aromatic N) is 2. The van der Waals surface area contributed by atoms with E-state index in [0.29, 0.717) is 11.7 Å². The van der Waals surface area contributed by atoms with Crippen molar-refractivity contribution in [1.82, 2.24) is 10.2 Å². The molecule has 0 aliphatic heterocycles. The minimum atomic E-state index is 0.380. The van der Waals surface area contributed by atoms with Gasteiger partial charge in [0.15, 0.2) is 0 Å². The molecule has 2 N–H and O–H groups in total. The van der Waals surface area contributed by atoms with Gasteiger partial charge in [-0.1, -0.05) is 0 Å². The van der Waals surface area contributed by atoms with E-state index in [1.165, 1.54) is 4.90 Å². The molecular weight excluding hydrogens is 222 g/mol. The Morgan fingerprint density at radius 3 is 2.38 bits per heavy atom. The smallest absolute Gasteiger partial charge is 0.238 e. The fraction of sp³-hybridized carbons (Fsp3) is 0.0909. The topological polar surface area (TPSA) is 61.0 Å². The number of benzene rings is 1. The Morgan fingerprint density at radius 2 is 1.81 bits per heavy atom. The fourth-order valence-corrected chi connectivity index (χ4v) is 1.56. The molecule has 0 atom stereocenters. The van der Waals surface area contributed by atoms with Gasteiger partial charge in [-0.15, -0.1) is 22.0 Å². The molecule has 0 aliphatic rings. The Balaban J connectivity index is 2.11. The standard InChI is InChI=1S/C11H11N3OS/c1-16-9-4-2-8(3-5-9)15-11-7-6-10(12)13-14-11/h2-7H,1H3,(H2,12,13). The van der Waals surface area contributed by atoms with Gasteiger partial charge in [-0.3, -0.25) is 0 Å². The van der Waals surface area contributed by atoms with Crippen molar-refractivity contribution in [2.75, 3.05) is 12.0 Å². The Hall–Kier alpha value is -1.75. The predicted octanol–water partition coefficient (Wildman–Crippen LogP) is 2.57. The van der Waals surface area contributed by atoms with Crippen LogP contribution in [0.3, 0.4) is 0 Å². The summed E-state index contributed by atoms with van der Waals surface area (Å²) in [6.07, 6.45) is 2.03. The van der Waals surface area contributed by atoms with Gasteiger partial charge in [-0.2, -0.15) is 0 Å². The monoisotopic (exact) mass is 233 g/mol. The zero-order valence-corrected chi connectivity index (χ0v) is 9.57. The van der Waals surface area contributed by atoms with Gasteiger partial charge < -0.3 is 10.5 Å². The molecule has 0 spiro atoms. The molecule has 0 unspecified atom stereocenters. The van der Waals surface area contributed by atoms with Crippen LogP contribution in [0.25, 0.3) is 0 Å². The lowest BCUT2D eigenvalue weighted by atomic mass is 10.3. The van der Waals surface area contributed by atoms with E-state index in [9.17, 15) is 0 Å². The number of aromatic nitrogens is 2. The van der Waals surface area contributed by atoms with E-state index in [2.05, 4.69) is 10.2 Å². The van der Waals surface area contributed by atoms with E-state index in [1.807, 2.05) is 30.5 Å². The molecule has 82 valence electrons. The Bertz CT molecular complexity index is 456. The zero-order chi connectivity index (χ0) is 11.4. The number of hydrogen-bond donors (Lipinski definition) is 1. The molecule has 5 heteroatoms. The van der Waals surface area contributed by atoms with E-state index in [4.69, 9.17) is 10.5 Å².